The molecule has 3 rings (SSSR count). The third kappa shape index (κ3) is 3.06. The summed E-state index contributed by atoms with van der Waals surface area (Å²) in [4.78, 5) is 31.5. The number of carbonyl (C=O) groups is 1. The van der Waals surface area contributed by atoms with Crippen molar-refractivity contribution >= 4 is 39.1 Å². The number of aromatic nitrogens is 2. The van der Waals surface area contributed by atoms with Gasteiger partial charge >= 0.3 is 0 Å². The largest absolute Gasteiger partial charge is 0.309 e. The quantitative estimate of drug-likeness (QED) is 0.591. The fourth-order valence-corrected chi connectivity index (χ4v) is 3.50. The molecule has 0 fully saturated rings. The topological polar surface area (TPSA) is 62.8 Å². The Hall–Kier alpha value is -1.92. The highest BCUT2D eigenvalue weighted by atomic mass is 32.2. The van der Waals surface area contributed by atoms with Gasteiger partial charge in [0.15, 0.2) is 5.78 Å². The Bertz CT molecular complexity index is 867. The molecule has 0 atom stereocenters. The lowest BCUT2D eigenvalue weighted by Gasteiger charge is -2.03. The summed E-state index contributed by atoms with van der Waals surface area (Å²) in [6, 6.07) is 9.30. The molecular formula is C15H12N2O2S2. The number of thiophene rings is 1. The average molecular weight is 316 g/mol. The highest BCUT2D eigenvalue weighted by molar-refractivity contribution is 7.98. The number of nitrogens with zero attached hydrogens (tertiary/aromatic N) is 1. The molecule has 1 N–H and O–H groups in total. The first-order valence-corrected chi connectivity index (χ1v) is 8.20. The van der Waals surface area contributed by atoms with Gasteiger partial charge in [0, 0.05) is 10.5 Å². The number of fused-ring (bicyclic) bond motifs is 1. The second kappa shape index (κ2) is 5.83. The number of Topliss-reactive ketones (excluding diaryl/α,β-unsaturated/α-hetero) is 1. The second-order valence-electron chi connectivity index (χ2n) is 4.52. The van der Waals surface area contributed by atoms with Crippen LogP contribution in [-0.2, 0) is 5.75 Å². The number of benzene rings is 1. The van der Waals surface area contributed by atoms with Gasteiger partial charge in [0.2, 0.25) is 0 Å². The van der Waals surface area contributed by atoms with Crippen molar-refractivity contribution in [3.8, 4) is 0 Å². The van der Waals surface area contributed by atoms with E-state index in [1.165, 1.54) is 11.3 Å². The van der Waals surface area contributed by atoms with E-state index in [0.717, 1.165) is 10.4 Å². The minimum atomic E-state index is -0.0944. The monoisotopic (exact) mass is 316 g/mol. The van der Waals surface area contributed by atoms with E-state index in [9.17, 15) is 9.59 Å². The molecule has 3 aromatic rings. The van der Waals surface area contributed by atoms with Crippen LogP contribution in [0.5, 0.6) is 0 Å². The predicted octanol–water partition coefficient (Wildman–Crippen LogP) is 3.48. The molecule has 0 saturated carbocycles. The van der Waals surface area contributed by atoms with E-state index in [-0.39, 0.29) is 11.3 Å². The van der Waals surface area contributed by atoms with Crippen LogP contribution in [0.4, 0.5) is 0 Å². The SMILES string of the molecule is CC(=O)c1cccc(SCc2nc3ccsc3c(=O)[nH]2)c1. The van der Waals surface area contributed by atoms with E-state index < -0.39 is 0 Å². The molecule has 0 radical (unpaired) electrons. The summed E-state index contributed by atoms with van der Waals surface area (Å²) in [6.07, 6.45) is 0. The molecule has 2 aromatic heterocycles. The normalized spacial score (nSPS) is 10.9. The maximum Gasteiger partial charge on any atom is 0.268 e. The zero-order chi connectivity index (χ0) is 14.8. The van der Waals surface area contributed by atoms with Crippen molar-refractivity contribution in [3.05, 3.63) is 57.5 Å². The number of thioether (sulfide) groups is 1. The van der Waals surface area contributed by atoms with E-state index in [1.54, 1.807) is 24.8 Å². The number of hydrogen-bond acceptors (Lipinski definition) is 5. The standard InChI is InChI=1S/C15H12N2O2S2/c1-9(18)10-3-2-4-11(7-10)21-8-13-16-12-5-6-20-14(12)15(19)17-13/h2-7H,8H2,1H3,(H,16,17,19). The van der Waals surface area contributed by atoms with Gasteiger partial charge in [0.1, 0.15) is 10.5 Å². The highest BCUT2D eigenvalue weighted by Crippen LogP contribution is 2.23. The van der Waals surface area contributed by atoms with Gasteiger partial charge in [-0.05, 0) is 30.5 Å². The molecule has 2 heterocycles. The van der Waals surface area contributed by atoms with Crippen molar-refractivity contribution in [1.29, 1.82) is 0 Å². The Morgan fingerprint density at radius 1 is 1.38 bits per heavy atom. The zero-order valence-corrected chi connectivity index (χ0v) is 12.9. The van der Waals surface area contributed by atoms with Gasteiger partial charge in [-0.2, -0.15) is 0 Å². The molecule has 21 heavy (non-hydrogen) atoms. The first-order chi connectivity index (χ1) is 10.1. The van der Waals surface area contributed by atoms with Crippen LogP contribution in [0.15, 0.2) is 45.4 Å². The van der Waals surface area contributed by atoms with E-state index in [2.05, 4.69) is 9.97 Å². The summed E-state index contributed by atoms with van der Waals surface area (Å²) in [7, 11) is 0. The average Bonchev–Trinajstić information content (AvgIpc) is 2.94. The van der Waals surface area contributed by atoms with Crippen molar-refractivity contribution in [2.24, 2.45) is 0 Å². The molecule has 0 unspecified atom stereocenters. The third-order valence-electron chi connectivity index (χ3n) is 2.98. The maximum atomic E-state index is 11.9. The van der Waals surface area contributed by atoms with Gasteiger partial charge in [-0.15, -0.1) is 23.1 Å². The molecule has 0 saturated heterocycles. The first kappa shape index (κ1) is 14.0. The highest BCUT2D eigenvalue weighted by Gasteiger charge is 2.06. The molecule has 0 aliphatic carbocycles. The van der Waals surface area contributed by atoms with Crippen molar-refractivity contribution in [2.75, 3.05) is 0 Å². The lowest BCUT2D eigenvalue weighted by Crippen LogP contribution is -2.09. The van der Waals surface area contributed by atoms with Gasteiger partial charge in [-0.1, -0.05) is 12.1 Å². The second-order valence-corrected chi connectivity index (χ2v) is 6.49. The predicted molar refractivity (Wildman–Crippen MR) is 86.2 cm³/mol. The molecule has 0 amide bonds. The fraction of sp³-hybridized carbons (Fsp3) is 0.133. The summed E-state index contributed by atoms with van der Waals surface area (Å²) in [5.74, 6) is 1.25. The molecule has 6 heteroatoms. The zero-order valence-electron chi connectivity index (χ0n) is 11.3. The van der Waals surface area contributed by atoms with Gasteiger partial charge < -0.3 is 4.98 Å². The Morgan fingerprint density at radius 3 is 3.05 bits per heavy atom. The van der Waals surface area contributed by atoms with Crippen LogP contribution in [0.2, 0.25) is 0 Å². The molecule has 0 aliphatic heterocycles. The molecule has 1 aromatic carbocycles. The van der Waals surface area contributed by atoms with Crippen molar-refractivity contribution in [1.82, 2.24) is 9.97 Å². The van der Waals surface area contributed by atoms with Crippen molar-refractivity contribution in [2.45, 2.75) is 17.6 Å². The van der Waals surface area contributed by atoms with Gasteiger partial charge in [-0.25, -0.2) is 4.98 Å². The number of nitrogens with one attached hydrogen (secondary N) is 1. The van der Waals surface area contributed by atoms with Gasteiger partial charge in [0.25, 0.3) is 5.56 Å². The van der Waals surface area contributed by atoms with E-state index in [0.29, 0.717) is 21.8 Å². The Kier molecular flexibility index (Phi) is 3.90. The van der Waals surface area contributed by atoms with Crippen LogP contribution in [-0.4, -0.2) is 15.8 Å². The maximum absolute atomic E-state index is 11.9. The number of hydrogen-bond donors (Lipinski definition) is 1. The minimum absolute atomic E-state index is 0.0451. The van der Waals surface area contributed by atoms with E-state index >= 15 is 0 Å². The van der Waals surface area contributed by atoms with Gasteiger partial charge in [-0.3, -0.25) is 9.59 Å². The van der Waals surface area contributed by atoms with Crippen molar-refractivity contribution < 1.29 is 4.79 Å². The lowest BCUT2D eigenvalue weighted by atomic mass is 10.2. The number of H-pyrrole nitrogens is 1. The number of carbonyl (C=O) groups excluding carboxylic acids is 1. The molecule has 0 aliphatic rings. The number of aromatic amines is 1. The van der Waals surface area contributed by atoms with Crippen LogP contribution in [0.25, 0.3) is 10.2 Å². The minimum Gasteiger partial charge on any atom is -0.309 e. The Balaban J connectivity index is 1.81. The first-order valence-electron chi connectivity index (χ1n) is 6.34. The number of rotatable bonds is 4. The molecule has 0 spiro atoms. The summed E-state index contributed by atoms with van der Waals surface area (Å²) in [5.41, 5.74) is 1.33. The third-order valence-corrected chi connectivity index (χ3v) is 4.89. The van der Waals surface area contributed by atoms with Gasteiger partial charge in [0.05, 0.1) is 11.3 Å². The summed E-state index contributed by atoms with van der Waals surface area (Å²) >= 11 is 2.94. The molecule has 4 nitrogen and oxygen atoms in total. The Morgan fingerprint density at radius 2 is 2.24 bits per heavy atom. The number of ketones is 1. The van der Waals surface area contributed by atoms with Crippen LogP contribution >= 0.6 is 23.1 Å². The molecule has 106 valence electrons. The molecular weight excluding hydrogens is 304 g/mol. The smallest absolute Gasteiger partial charge is 0.268 e. The summed E-state index contributed by atoms with van der Waals surface area (Å²) in [5, 5.41) is 1.86. The van der Waals surface area contributed by atoms with E-state index in [1.807, 2.05) is 29.6 Å². The Labute approximate surface area is 129 Å². The van der Waals surface area contributed by atoms with Crippen molar-refractivity contribution in [3.63, 3.8) is 0 Å². The van der Waals surface area contributed by atoms with Crippen LogP contribution in [0, 0.1) is 0 Å². The van der Waals surface area contributed by atoms with Crippen LogP contribution < -0.4 is 5.56 Å². The summed E-state index contributed by atoms with van der Waals surface area (Å²) in [6.45, 7) is 1.55. The van der Waals surface area contributed by atoms with E-state index in [4.69, 9.17) is 0 Å². The lowest BCUT2D eigenvalue weighted by molar-refractivity contribution is 0.101. The summed E-state index contributed by atoms with van der Waals surface area (Å²) < 4.78 is 0.655. The van der Waals surface area contributed by atoms with Crippen LogP contribution in [0.1, 0.15) is 23.1 Å². The molecule has 0 bridgehead atoms. The van der Waals surface area contributed by atoms with Crippen LogP contribution in [0.3, 0.4) is 0 Å². The fourth-order valence-electron chi connectivity index (χ4n) is 1.95.